The average Bonchev–Trinajstić information content (AvgIpc) is 2.35. The lowest BCUT2D eigenvalue weighted by Crippen LogP contribution is -2.46. The third kappa shape index (κ3) is 4.05. The minimum absolute atomic E-state index is 0.0661. The molecule has 1 fully saturated rings. The molecule has 1 aliphatic rings. The van der Waals surface area contributed by atoms with E-state index in [4.69, 9.17) is 0 Å². The minimum Gasteiger partial charge on any atom is -0.302 e. The third-order valence-corrected chi connectivity index (χ3v) is 5.03. The summed E-state index contributed by atoms with van der Waals surface area (Å²) in [6.07, 6.45) is -1.16. The predicted molar refractivity (Wildman–Crippen MR) is 72.1 cm³/mol. The minimum atomic E-state index is -4.04. The van der Waals surface area contributed by atoms with Gasteiger partial charge in [0.15, 0.2) is 0 Å². The molecule has 0 aliphatic carbocycles. The molecular weight excluding hydrogens is 259 g/mol. The Morgan fingerprint density at radius 3 is 2.28 bits per heavy atom. The van der Waals surface area contributed by atoms with Crippen LogP contribution in [0.4, 0.5) is 13.2 Å². The number of hydrogen-bond donors (Lipinski definition) is 1. The summed E-state index contributed by atoms with van der Waals surface area (Å²) in [5.41, 5.74) is 0.0661. The summed E-state index contributed by atoms with van der Waals surface area (Å²) in [4.78, 5) is 1.99. The highest BCUT2D eigenvalue weighted by Gasteiger charge is 2.42. The predicted octanol–water partition coefficient (Wildman–Crippen LogP) is 4.00. The first-order chi connectivity index (χ1) is 8.37. The van der Waals surface area contributed by atoms with Crippen LogP contribution in [0.3, 0.4) is 0 Å². The van der Waals surface area contributed by atoms with Crippen LogP contribution in [0.1, 0.15) is 39.5 Å². The van der Waals surface area contributed by atoms with Crippen molar-refractivity contribution in [2.45, 2.75) is 45.7 Å². The van der Waals surface area contributed by atoms with Crippen molar-refractivity contribution in [1.82, 2.24) is 4.90 Å². The van der Waals surface area contributed by atoms with Crippen molar-refractivity contribution in [2.75, 3.05) is 25.4 Å². The molecule has 1 heterocycles. The summed E-state index contributed by atoms with van der Waals surface area (Å²) in [5.74, 6) is -0.398. The van der Waals surface area contributed by atoms with Gasteiger partial charge < -0.3 is 4.90 Å². The van der Waals surface area contributed by atoms with E-state index in [0.717, 1.165) is 31.7 Å². The fraction of sp³-hybridized carbons (Fsp3) is 1.00. The van der Waals surface area contributed by atoms with Gasteiger partial charge >= 0.3 is 6.18 Å². The van der Waals surface area contributed by atoms with Crippen LogP contribution in [-0.2, 0) is 0 Å². The Hall–Kier alpha value is 0.100. The van der Waals surface area contributed by atoms with E-state index >= 15 is 0 Å². The van der Waals surface area contributed by atoms with Crippen molar-refractivity contribution in [3.05, 3.63) is 0 Å². The number of thiol groups is 1. The Morgan fingerprint density at radius 1 is 1.22 bits per heavy atom. The second kappa shape index (κ2) is 6.51. The average molecular weight is 283 g/mol. The van der Waals surface area contributed by atoms with Crippen LogP contribution in [-0.4, -0.2) is 36.5 Å². The highest BCUT2D eigenvalue weighted by molar-refractivity contribution is 7.80. The van der Waals surface area contributed by atoms with Crippen LogP contribution in [0.5, 0.6) is 0 Å². The van der Waals surface area contributed by atoms with Gasteiger partial charge in [-0.15, -0.1) is 0 Å². The molecule has 0 bridgehead atoms. The van der Waals surface area contributed by atoms with Gasteiger partial charge in [-0.2, -0.15) is 25.8 Å². The molecule has 1 nitrogen and oxygen atoms in total. The molecule has 1 atom stereocenters. The molecule has 5 heteroatoms. The fourth-order valence-corrected chi connectivity index (χ4v) is 3.24. The normalized spacial score (nSPS) is 23.3. The zero-order valence-corrected chi connectivity index (χ0v) is 12.2. The van der Waals surface area contributed by atoms with Crippen molar-refractivity contribution in [3.8, 4) is 0 Å². The topological polar surface area (TPSA) is 3.24 Å². The summed E-state index contributed by atoms with van der Waals surface area (Å²) >= 11 is 4.39. The molecule has 0 aromatic rings. The summed E-state index contributed by atoms with van der Waals surface area (Å²) in [6.45, 7) is 5.91. The quantitative estimate of drug-likeness (QED) is 0.747. The van der Waals surface area contributed by atoms with Gasteiger partial charge in [-0.25, -0.2) is 0 Å². The van der Waals surface area contributed by atoms with Crippen molar-refractivity contribution < 1.29 is 13.2 Å². The monoisotopic (exact) mass is 283 g/mol. The second-order valence-corrected chi connectivity index (χ2v) is 5.80. The van der Waals surface area contributed by atoms with Crippen LogP contribution in [0, 0.1) is 11.3 Å². The highest BCUT2D eigenvalue weighted by Crippen LogP contribution is 2.35. The van der Waals surface area contributed by atoms with Crippen LogP contribution in [0.2, 0.25) is 0 Å². The van der Waals surface area contributed by atoms with Gasteiger partial charge in [0.25, 0.3) is 0 Å². The molecule has 0 saturated carbocycles. The van der Waals surface area contributed by atoms with Gasteiger partial charge in [0, 0.05) is 13.1 Å². The number of alkyl halides is 3. The fourth-order valence-electron chi connectivity index (χ4n) is 2.69. The Morgan fingerprint density at radius 2 is 1.83 bits per heavy atom. The summed E-state index contributed by atoms with van der Waals surface area (Å²) in [5, 5.41) is 0. The van der Waals surface area contributed by atoms with Crippen molar-refractivity contribution in [1.29, 1.82) is 0 Å². The number of likely N-dealkylation sites (tertiary alicyclic amines) is 1. The maximum atomic E-state index is 12.8. The maximum Gasteiger partial charge on any atom is 0.393 e. The summed E-state index contributed by atoms with van der Waals surface area (Å²) in [6, 6.07) is 0. The zero-order valence-electron chi connectivity index (χ0n) is 11.3. The zero-order chi connectivity index (χ0) is 13.8. The van der Waals surface area contributed by atoms with E-state index in [9.17, 15) is 13.2 Å². The van der Waals surface area contributed by atoms with E-state index in [1.54, 1.807) is 0 Å². The number of piperidine rings is 1. The molecule has 1 rings (SSSR count). The van der Waals surface area contributed by atoms with Gasteiger partial charge in [0.05, 0.1) is 5.92 Å². The molecule has 0 aromatic heterocycles. The molecule has 108 valence electrons. The third-order valence-electron chi connectivity index (χ3n) is 4.36. The van der Waals surface area contributed by atoms with Crippen LogP contribution in [0.15, 0.2) is 0 Å². The van der Waals surface area contributed by atoms with Gasteiger partial charge in [-0.1, -0.05) is 13.8 Å². The first kappa shape index (κ1) is 16.2. The molecule has 18 heavy (non-hydrogen) atoms. The van der Waals surface area contributed by atoms with Crippen LogP contribution in [0.25, 0.3) is 0 Å². The van der Waals surface area contributed by atoms with Gasteiger partial charge in [-0.05, 0) is 43.4 Å². The lowest BCUT2D eigenvalue weighted by Gasteiger charge is -2.40. The van der Waals surface area contributed by atoms with E-state index < -0.39 is 12.1 Å². The first-order valence-corrected chi connectivity index (χ1v) is 7.40. The lowest BCUT2D eigenvalue weighted by molar-refractivity contribution is -0.187. The molecule has 1 saturated heterocycles. The Labute approximate surface area is 114 Å². The second-order valence-electron chi connectivity index (χ2n) is 5.48. The number of nitrogens with zero attached hydrogens (tertiary/aromatic N) is 1. The maximum absolute atomic E-state index is 12.8. The Kier molecular flexibility index (Phi) is 5.84. The molecule has 0 spiro atoms. The van der Waals surface area contributed by atoms with E-state index in [0.29, 0.717) is 6.42 Å². The summed E-state index contributed by atoms with van der Waals surface area (Å²) in [7, 11) is 0. The summed E-state index contributed by atoms with van der Waals surface area (Å²) < 4.78 is 38.3. The van der Waals surface area contributed by atoms with E-state index in [-0.39, 0.29) is 18.4 Å². The van der Waals surface area contributed by atoms with Crippen LogP contribution < -0.4 is 0 Å². The van der Waals surface area contributed by atoms with E-state index in [1.165, 1.54) is 0 Å². The Balaban J connectivity index is 2.62. The number of hydrogen-bond acceptors (Lipinski definition) is 2. The van der Waals surface area contributed by atoms with E-state index in [1.807, 2.05) is 4.90 Å². The number of rotatable bonds is 5. The SMILES string of the molecule is CCC(CC)(CS)CN1CCCC(C(F)(F)F)C1. The first-order valence-electron chi connectivity index (χ1n) is 6.77. The van der Waals surface area contributed by atoms with Gasteiger partial charge in [0.1, 0.15) is 0 Å². The molecular formula is C13H24F3NS. The largest absolute Gasteiger partial charge is 0.393 e. The van der Waals surface area contributed by atoms with E-state index in [2.05, 4.69) is 26.5 Å². The highest BCUT2D eigenvalue weighted by atomic mass is 32.1. The van der Waals surface area contributed by atoms with Crippen molar-refractivity contribution >= 4 is 12.6 Å². The smallest absolute Gasteiger partial charge is 0.302 e. The molecule has 0 radical (unpaired) electrons. The van der Waals surface area contributed by atoms with Crippen molar-refractivity contribution in [3.63, 3.8) is 0 Å². The van der Waals surface area contributed by atoms with Crippen LogP contribution >= 0.6 is 12.6 Å². The van der Waals surface area contributed by atoms with Gasteiger partial charge in [0.2, 0.25) is 0 Å². The molecule has 0 N–H and O–H groups in total. The molecule has 1 aliphatic heterocycles. The lowest BCUT2D eigenvalue weighted by atomic mass is 9.83. The van der Waals surface area contributed by atoms with Gasteiger partial charge in [-0.3, -0.25) is 0 Å². The Bertz CT molecular complexity index is 243. The standard InChI is InChI=1S/C13H24F3NS/c1-3-12(4-2,10-18)9-17-7-5-6-11(8-17)13(14,15)16/h11,18H,3-10H2,1-2H3. The molecule has 0 aromatic carbocycles. The van der Waals surface area contributed by atoms with Crippen molar-refractivity contribution in [2.24, 2.45) is 11.3 Å². The molecule has 1 unspecified atom stereocenters. The molecule has 0 amide bonds. The number of halogens is 3.